The Morgan fingerprint density at radius 2 is 1.95 bits per heavy atom. The van der Waals surface area contributed by atoms with E-state index in [1.54, 1.807) is 0 Å². The molecule has 4 rings (SSSR count). The summed E-state index contributed by atoms with van der Waals surface area (Å²) in [6, 6.07) is 11.1. The largest absolute Gasteiger partial charge is 0.383 e. The summed E-state index contributed by atoms with van der Waals surface area (Å²) in [7, 11) is 0. The molecule has 0 spiro atoms. The van der Waals surface area contributed by atoms with Crippen molar-refractivity contribution in [2.24, 2.45) is 0 Å². The number of halogens is 1. The second-order valence-electron chi connectivity index (χ2n) is 4.88. The molecule has 0 fully saturated rings. The van der Waals surface area contributed by atoms with Crippen molar-refractivity contribution in [3.63, 3.8) is 0 Å². The van der Waals surface area contributed by atoms with E-state index in [4.69, 9.17) is 16.1 Å². The third-order valence-electron chi connectivity index (χ3n) is 3.70. The molecule has 0 saturated heterocycles. The summed E-state index contributed by atoms with van der Waals surface area (Å²) in [4.78, 5) is 12.8. The quantitative estimate of drug-likeness (QED) is 0.586. The Morgan fingerprint density at radius 1 is 1.14 bits per heavy atom. The van der Waals surface area contributed by atoms with Crippen molar-refractivity contribution in [1.29, 1.82) is 0 Å². The highest BCUT2D eigenvalue weighted by molar-refractivity contribution is 6.27. The van der Waals surface area contributed by atoms with Crippen LogP contribution in [0.1, 0.15) is 15.9 Å². The average Bonchev–Trinajstić information content (AvgIpc) is 2.95. The molecule has 1 aromatic heterocycles. The fourth-order valence-corrected chi connectivity index (χ4v) is 2.90. The Bertz CT molecular complexity index is 870. The third kappa shape index (κ3) is 1.69. The number of nitrogens with zero attached hydrogens (tertiary/aromatic N) is 1. The molecule has 0 unspecified atom stereocenters. The molecule has 1 heterocycles. The maximum atomic E-state index is 12.8. The molecule has 2 aromatic carbocycles. The van der Waals surface area contributed by atoms with Crippen LogP contribution >= 0.6 is 11.6 Å². The second-order valence-corrected chi connectivity index (χ2v) is 5.26. The van der Waals surface area contributed by atoms with Gasteiger partial charge >= 0.3 is 0 Å². The summed E-state index contributed by atoms with van der Waals surface area (Å²) >= 11 is 5.73. The molecule has 104 valence electrons. The summed E-state index contributed by atoms with van der Waals surface area (Å²) in [6.07, 6.45) is 0. The number of anilines is 1. The maximum absolute atomic E-state index is 12.8. The molecule has 0 amide bonds. The topological polar surface area (TPSA) is 55.1 Å². The van der Waals surface area contributed by atoms with Gasteiger partial charge in [-0.2, -0.15) is 0 Å². The minimum atomic E-state index is -0.0102. The lowest BCUT2D eigenvalue weighted by atomic mass is 9.87. The van der Waals surface area contributed by atoms with Crippen LogP contribution < -0.4 is 5.32 Å². The fraction of sp³-hybridized carbons (Fsp3) is 0.125. The Balaban J connectivity index is 2.05. The van der Waals surface area contributed by atoms with Crippen LogP contribution in [0.25, 0.3) is 22.2 Å². The van der Waals surface area contributed by atoms with Crippen LogP contribution in [0, 0.1) is 0 Å². The first-order chi connectivity index (χ1) is 10.3. The van der Waals surface area contributed by atoms with Crippen LogP contribution in [-0.4, -0.2) is 23.4 Å². The molecule has 4 nitrogen and oxygen atoms in total. The number of ketones is 1. The molecule has 0 aliphatic heterocycles. The molecule has 0 saturated carbocycles. The lowest BCUT2D eigenvalue weighted by molar-refractivity contribution is 0.104. The maximum Gasteiger partial charge on any atom is 0.196 e. The van der Waals surface area contributed by atoms with Gasteiger partial charge in [0, 0.05) is 29.2 Å². The highest BCUT2D eigenvalue weighted by Gasteiger charge is 2.30. The number of hydrogen-bond acceptors (Lipinski definition) is 4. The molecular weight excluding hydrogens is 288 g/mol. The van der Waals surface area contributed by atoms with Crippen LogP contribution in [0.5, 0.6) is 0 Å². The summed E-state index contributed by atoms with van der Waals surface area (Å²) in [6.45, 7) is 0.593. The number of benzene rings is 2. The molecule has 1 aliphatic carbocycles. The highest BCUT2D eigenvalue weighted by Crippen LogP contribution is 2.41. The monoisotopic (exact) mass is 298 g/mol. The van der Waals surface area contributed by atoms with E-state index in [1.165, 1.54) is 0 Å². The van der Waals surface area contributed by atoms with Gasteiger partial charge in [0.05, 0.1) is 10.9 Å². The first-order valence-electron chi connectivity index (χ1n) is 6.67. The van der Waals surface area contributed by atoms with Crippen molar-refractivity contribution in [2.75, 3.05) is 17.7 Å². The van der Waals surface area contributed by atoms with E-state index >= 15 is 0 Å². The molecule has 0 bridgehead atoms. The number of rotatable bonds is 3. The van der Waals surface area contributed by atoms with E-state index in [-0.39, 0.29) is 5.78 Å². The van der Waals surface area contributed by atoms with E-state index in [2.05, 4.69) is 10.5 Å². The van der Waals surface area contributed by atoms with E-state index in [0.29, 0.717) is 34.8 Å². The first kappa shape index (κ1) is 12.4. The van der Waals surface area contributed by atoms with Gasteiger partial charge in [0.1, 0.15) is 5.52 Å². The van der Waals surface area contributed by atoms with Gasteiger partial charge in [-0.15, -0.1) is 11.6 Å². The molecule has 21 heavy (non-hydrogen) atoms. The second kappa shape index (κ2) is 4.60. The van der Waals surface area contributed by atoms with Gasteiger partial charge in [-0.05, 0) is 12.1 Å². The number of nitrogens with one attached hydrogen (secondary N) is 1. The number of alkyl halides is 1. The molecule has 1 N–H and O–H groups in total. The van der Waals surface area contributed by atoms with Gasteiger partial charge in [0.15, 0.2) is 11.5 Å². The van der Waals surface area contributed by atoms with Crippen molar-refractivity contribution in [3.05, 3.63) is 47.5 Å². The molecule has 5 heteroatoms. The Kier molecular flexibility index (Phi) is 2.72. The number of carbonyl (C=O) groups is 1. The van der Waals surface area contributed by atoms with Gasteiger partial charge in [0.25, 0.3) is 0 Å². The molecular formula is C16H11ClN2O2. The average molecular weight is 299 g/mol. The smallest absolute Gasteiger partial charge is 0.196 e. The summed E-state index contributed by atoms with van der Waals surface area (Å²) < 4.78 is 5.47. The van der Waals surface area contributed by atoms with Crippen LogP contribution in [0.4, 0.5) is 5.69 Å². The molecule has 3 aromatic rings. The zero-order valence-electron chi connectivity index (χ0n) is 11.0. The number of aromatic nitrogens is 1. The number of hydrogen-bond donors (Lipinski definition) is 1. The van der Waals surface area contributed by atoms with E-state index in [1.807, 2.05) is 36.4 Å². The summed E-state index contributed by atoms with van der Waals surface area (Å²) in [5, 5.41) is 8.04. The predicted molar refractivity (Wildman–Crippen MR) is 82.1 cm³/mol. The van der Waals surface area contributed by atoms with Crippen molar-refractivity contribution in [1.82, 2.24) is 5.16 Å². The van der Waals surface area contributed by atoms with Crippen LogP contribution in [0.2, 0.25) is 0 Å². The van der Waals surface area contributed by atoms with Gasteiger partial charge in [-0.25, -0.2) is 0 Å². The minimum Gasteiger partial charge on any atom is -0.383 e. The van der Waals surface area contributed by atoms with Gasteiger partial charge in [-0.1, -0.05) is 29.4 Å². The SMILES string of the molecule is O=C1c2ccccc2-c2onc3ccc(NCCCl)c1c23. The van der Waals surface area contributed by atoms with E-state index in [9.17, 15) is 4.79 Å². The predicted octanol–water partition coefficient (Wildman–Crippen LogP) is 3.69. The van der Waals surface area contributed by atoms with Gasteiger partial charge in [-0.3, -0.25) is 4.79 Å². The van der Waals surface area contributed by atoms with Crippen LogP contribution in [-0.2, 0) is 0 Å². The van der Waals surface area contributed by atoms with Crippen LogP contribution in [0.15, 0.2) is 40.9 Å². The van der Waals surface area contributed by atoms with Crippen molar-refractivity contribution >= 4 is 34.0 Å². The Morgan fingerprint density at radius 3 is 2.76 bits per heavy atom. The zero-order chi connectivity index (χ0) is 14.4. The zero-order valence-corrected chi connectivity index (χ0v) is 11.8. The van der Waals surface area contributed by atoms with Crippen molar-refractivity contribution < 1.29 is 9.32 Å². The van der Waals surface area contributed by atoms with E-state index in [0.717, 1.165) is 16.6 Å². The minimum absolute atomic E-state index is 0.0102. The lowest BCUT2D eigenvalue weighted by Crippen LogP contribution is -2.13. The highest BCUT2D eigenvalue weighted by atomic mass is 35.5. The number of carbonyl (C=O) groups excluding carboxylic acids is 1. The summed E-state index contributed by atoms with van der Waals surface area (Å²) in [5.41, 5.74) is 3.52. The summed E-state index contributed by atoms with van der Waals surface area (Å²) in [5.74, 6) is 1.12. The lowest BCUT2D eigenvalue weighted by Gasteiger charge is -2.17. The van der Waals surface area contributed by atoms with Crippen molar-refractivity contribution in [3.8, 4) is 11.3 Å². The molecule has 0 radical (unpaired) electrons. The third-order valence-corrected chi connectivity index (χ3v) is 3.89. The van der Waals surface area contributed by atoms with Crippen molar-refractivity contribution in [2.45, 2.75) is 0 Å². The normalized spacial score (nSPS) is 12.5. The van der Waals surface area contributed by atoms with Crippen LogP contribution in [0.3, 0.4) is 0 Å². The first-order valence-corrected chi connectivity index (χ1v) is 7.21. The van der Waals surface area contributed by atoms with Gasteiger partial charge in [0.2, 0.25) is 0 Å². The fourth-order valence-electron chi connectivity index (χ4n) is 2.80. The Labute approximate surface area is 125 Å². The molecule has 0 atom stereocenters. The van der Waals surface area contributed by atoms with E-state index < -0.39 is 0 Å². The number of fused-ring (bicyclic) bond motifs is 2. The molecule has 1 aliphatic rings. The standard InChI is InChI=1S/C16H11ClN2O2/c17-7-8-18-11-5-6-12-14-13(11)15(20)9-3-1-2-4-10(9)16(14)21-19-12/h1-6,18H,7-8H2. The van der Waals surface area contributed by atoms with Gasteiger partial charge < -0.3 is 9.84 Å². The Hall–Kier alpha value is -2.33.